The molecule has 1 aromatic rings. The molecule has 0 aromatic carbocycles. The second-order valence-electron chi connectivity index (χ2n) is 3.16. The third-order valence-electron chi connectivity index (χ3n) is 2.08. The maximum absolute atomic E-state index is 11.5. The number of halogens is 1. The molecule has 0 fully saturated rings. The minimum absolute atomic E-state index is 0.00630. The molecule has 6 heteroatoms. The van der Waals surface area contributed by atoms with Crippen molar-refractivity contribution in [2.24, 2.45) is 0 Å². The van der Waals surface area contributed by atoms with Crippen LogP contribution >= 0.6 is 15.9 Å². The van der Waals surface area contributed by atoms with Crippen LogP contribution < -0.4 is 5.32 Å². The molecule has 0 saturated heterocycles. The summed E-state index contributed by atoms with van der Waals surface area (Å²) in [6.07, 6.45) is 0. The lowest BCUT2D eigenvalue weighted by Gasteiger charge is -2.23. The van der Waals surface area contributed by atoms with Crippen LogP contribution in [0.25, 0.3) is 0 Å². The van der Waals surface area contributed by atoms with E-state index in [9.17, 15) is 4.79 Å². The van der Waals surface area contributed by atoms with E-state index in [-0.39, 0.29) is 11.9 Å². The summed E-state index contributed by atoms with van der Waals surface area (Å²) in [5.41, 5.74) is 0.587. The van der Waals surface area contributed by atoms with Gasteiger partial charge in [-0.2, -0.15) is 5.10 Å². The van der Waals surface area contributed by atoms with Gasteiger partial charge in [0.2, 0.25) is 0 Å². The van der Waals surface area contributed by atoms with Crippen molar-refractivity contribution in [2.75, 3.05) is 13.7 Å². The Hall–Kier alpha value is -0.880. The topological polar surface area (TPSA) is 56.2 Å². The molecule has 1 atom stereocenters. The van der Waals surface area contributed by atoms with Crippen molar-refractivity contribution in [1.82, 2.24) is 15.1 Å². The quantitative estimate of drug-likeness (QED) is 0.837. The molecule has 1 N–H and O–H groups in total. The molecule has 76 valence electrons. The highest BCUT2D eigenvalue weighted by Crippen LogP contribution is 2.14. The molecule has 0 radical (unpaired) electrons. The number of hydrogen-bond donors (Lipinski definition) is 1. The second kappa shape index (κ2) is 3.70. The number of ether oxygens (including phenoxy) is 1. The normalized spacial score (nSPS) is 20.4. The van der Waals surface area contributed by atoms with E-state index in [0.717, 1.165) is 0 Å². The van der Waals surface area contributed by atoms with E-state index in [4.69, 9.17) is 4.74 Å². The molecule has 1 aliphatic rings. The fourth-order valence-electron chi connectivity index (χ4n) is 1.52. The van der Waals surface area contributed by atoms with Crippen LogP contribution in [-0.4, -0.2) is 35.4 Å². The van der Waals surface area contributed by atoms with E-state index in [2.05, 4.69) is 26.3 Å². The maximum atomic E-state index is 11.5. The lowest BCUT2D eigenvalue weighted by molar-refractivity contribution is 0.0832. The number of carbonyl (C=O) groups excluding carboxylic acids is 1. The molecule has 0 unspecified atom stereocenters. The maximum Gasteiger partial charge on any atom is 0.269 e. The van der Waals surface area contributed by atoms with Gasteiger partial charge in [-0.25, -0.2) is 0 Å². The fraction of sp³-hybridized carbons (Fsp3) is 0.500. The first-order valence-electron chi connectivity index (χ1n) is 4.24. The highest BCUT2D eigenvalue weighted by atomic mass is 79.9. The summed E-state index contributed by atoms with van der Waals surface area (Å²) >= 11 is 3.24. The highest BCUT2D eigenvalue weighted by molar-refractivity contribution is 9.10. The van der Waals surface area contributed by atoms with E-state index in [1.54, 1.807) is 17.9 Å². The summed E-state index contributed by atoms with van der Waals surface area (Å²) in [6, 6.07) is 1.71. The van der Waals surface area contributed by atoms with E-state index >= 15 is 0 Å². The van der Waals surface area contributed by atoms with Crippen molar-refractivity contribution < 1.29 is 9.53 Å². The van der Waals surface area contributed by atoms with Crippen LogP contribution in [0.5, 0.6) is 0 Å². The predicted molar refractivity (Wildman–Crippen MR) is 53.1 cm³/mol. The predicted octanol–water partition coefficient (Wildman–Crippen LogP) is 0.404. The average Bonchev–Trinajstić information content (AvgIpc) is 2.47. The van der Waals surface area contributed by atoms with Crippen LogP contribution in [0, 0.1) is 0 Å². The van der Waals surface area contributed by atoms with E-state index in [1.807, 2.05) is 0 Å². The number of rotatable bonds is 2. The smallest absolute Gasteiger partial charge is 0.269 e. The van der Waals surface area contributed by atoms with Gasteiger partial charge in [0, 0.05) is 13.2 Å². The Morgan fingerprint density at radius 2 is 2.64 bits per heavy atom. The summed E-state index contributed by atoms with van der Waals surface area (Å²) in [5, 5.41) is 6.99. The Labute approximate surface area is 89.5 Å². The Kier molecular flexibility index (Phi) is 2.56. The first-order chi connectivity index (χ1) is 6.70. The van der Waals surface area contributed by atoms with Crippen molar-refractivity contribution in [1.29, 1.82) is 0 Å². The standard InChI is InChI=1S/C8H10BrN3O2/c1-14-4-5-3-12-6(8(13)10-5)2-7(9)11-12/h2,5H,3-4H2,1H3,(H,10,13)/t5-/m0/s1. The summed E-state index contributed by atoms with van der Waals surface area (Å²) in [6.45, 7) is 1.16. The number of methoxy groups -OCH3 is 1. The van der Waals surface area contributed by atoms with Gasteiger partial charge < -0.3 is 10.1 Å². The summed E-state index contributed by atoms with van der Waals surface area (Å²) < 4.78 is 7.35. The van der Waals surface area contributed by atoms with E-state index < -0.39 is 0 Å². The molecule has 1 aliphatic heterocycles. The van der Waals surface area contributed by atoms with Gasteiger partial charge >= 0.3 is 0 Å². The van der Waals surface area contributed by atoms with Crippen LogP contribution in [0.3, 0.4) is 0 Å². The van der Waals surface area contributed by atoms with Gasteiger partial charge in [-0.05, 0) is 15.9 Å². The molecule has 1 aromatic heterocycles. The van der Waals surface area contributed by atoms with Gasteiger partial charge in [-0.3, -0.25) is 9.48 Å². The van der Waals surface area contributed by atoms with Crippen LogP contribution in [0.1, 0.15) is 10.5 Å². The molecule has 5 nitrogen and oxygen atoms in total. The van der Waals surface area contributed by atoms with Crippen molar-refractivity contribution in [3.8, 4) is 0 Å². The molecule has 2 heterocycles. The van der Waals surface area contributed by atoms with E-state index in [0.29, 0.717) is 23.4 Å². The molecular formula is C8H10BrN3O2. The largest absolute Gasteiger partial charge is 0.382 e. The molecule has 0 spiro atoms. The van der Waals surface area contributed by atoms with Gasteiger partial charge in [0.1, 0.15) is 10.3 Å². The zero-order valence-electron chi connectivity index (χ0n) is 7.66. The molecule has 14 heavy (non-hydrogen) atoms. The molecular weight excluding hydrogens is 250 g/mol. The number of fused-ring (bicyclic) bond motifs is 1. The lowest BCUT2D eigenvalue weighted by atomic mass is 10.2. The summed E-state index contributed by atoms with van der Waals surface area (Å²) in [5.74, 6) is -0.100. The third kappa shape index (κ3) is 1.67. The van der Waals surface area contributed by atoms with E-state index in [1.165, 1.54) is 0 Å². The number of aromatic nitrogens is 2. The SMILES string of the molecule is COC[C@@H]1Cn2nc(Br)cc2C(=O)N1. The fourth-order valence-corrected chi connectivity index (χ4v) is 1.92. The molecule has 0 saturated carbocycles. The van der Waals surface area contributed by atoms with Crippen LogP contribution in [-0.2, 0) is 11.3 Å². The van der Waals surface area contributed by atoms with Gasteiger partial charge in [0.05, 0.1) is 19.2 Å². The number of nitrogens with zero attached hydrogens (tertiary/aromatic N) is 2. The number of nitrogens with one attached hydrogen (secondary N) is 1. The average molecular weight is 260 g/mol. The Balaban J connectivity index is 2.24. The number of carbonyl (C=O) groups is 1. The van der Waals surface area contributed by atoms with Crippen LogP contribution in [0.2, 0.25) is 0 Å². The lowest BCUT2D eigenvalue weighted by Crippen LogP contribution is -2.46. The Morgan fingerprint density at radius 1 is 1.86 bits per heavy atom. The van der Waals surface area contributed by atoms with Gasteiger partial charge in [-0.1, -0.05) is 0 Å². The zero-order valence-corrected chi connectivity index (χ0v) is 9.24. The zero-order chi connectivity index (χ0) is 10.1. The first kappa shape index (κ1) is 9.67. The van der Waals surface area contributed by atoms with Crippen molar-refractivity contribution >= 4 is 21.8 Å². The molecule has 0 bridgehead atoms. The number of amides is 1. The Bertz CT molecular complexity index is 363. The van der Waals surface area contributed by atoms with Gasteiger partial charge in [0.15, 0.2) is 0 Å². The highest BCUT2D eigenvalue weighted by Gasteiger charge is 2.25. The monoisotopic (exact) mass is 259 g/mol. The van der Waals surface area contributed by atoms with Crippen LogP contribution in [0.4, 0.5) is 0 Å². The minimum atomic E-state index is -0.100. The third-order valence-corrected chi connectivity index (χ3v) is 2.47. The minimum Gasteiger partial charge on any atom is -0.382 e. The first-order valence-corrected chi connectivity index (χ1v) is 5.03. The van der Waals surface area contributed by atoms with Crippen molar-refractivity contribution in [3.63, 3.8) is 0 Å². The Morgan fingerprint density at radius 3 is 3.36 bits per heavy atom. The molecule has 1 amide bonds. The summed E-state index contributed by atoms with van der Waals surface area (Å²) in [7, 11) is 1.61. The second-order valence-corrected chi connectivity index (χ2v) is 3.97. The van der Waals surface area contributed by atoms with Gasteiger partial charge in [0.25, 0.3) is 5.91 Å². The number of hydrogen-bond acceptors (Lipinski definition) is 3. The van der Waals surface area contributed by atoms with Crippen LogP contribution in [0.15, 0.2) is 10.7 Å². The van der Waals surface area contributed by atoms with Gasteiger partial charge in [-0.15, -0.1) is 0 Å². The molecule has 0 aliphatic carbocycles. The molecule has 2 rings (SSSR count). The summed E-state index contributed by atoms with van der Waals surface area (Å²) in [4.78, 5) is 11.5. The van der Waals surface area contributed by atoms with Crippen molar-refractivity contribution in [2.45, 2.75) is 12.6 Å². The van der Waals surface area contributed by atoms with Crippen molar-refractivity contribution in [3.05, 3.63) is 16.4 Å².